The molecule has 5 N–H and O–H groups in total. The van der Waals surface area contributed by atoms with Crippen LogP contribution in [-0.4, -0.2) is 58.3 Å². The van der Waals surface area contributed by atoms with Crippen LogP contribution in [0.2, 0.25) is 10.0 Å². The molecule has 4 aromatic rings. The van der Waals surface area contributed by atoms with Crippen molar-refractivity contribution in [2.75, 3.05) is 25.5 Å². The molecule has 1 aromatic carbocycles. The van der Waals surface area contributed by atoms with Gasteiger partial charge < -0.3 is 31.1 Å². The number of benzene rings is 1. The first-order chi connectivity index (χ1) is 22.2. The smallest absolute Gasteiger partial charge is 0.221 e. The Labute approximate surface area is 274 Å². The number of methoxy groups -OCH3 is 1. The molecule has 0 saturated carbocycles. The highest BCUT2D eigenvalue weighted by Gasteiger charge is 2.23. The number of nitrogens with zero attached hydrogens (tertiary/aromatic N) is 3. The van der Waals surface area contributed by atoms with Crippen LogP contribution in [0.15, 0.2) is 48.8 Å². The van der Waals surface area contributed by atoms with Gasteiger partial charge >= 0.3 is 0 Å². The summed E-state index contributed by atoms with van der Waals surface area (Å²) in [5.74, 6) is -1.03. The number of aromatic nitrogens is 3. The zero-order valence-corrected chi connectivity index (χ0v) is 26.6. The number of pyridine rings is 3. The minimum Gasteiger partial charge on any atom is -0.481 e. The second kappa shape index (κ2) is 15.1. The van der Waals surface area contributed by atoms with Crippen LogP contribution in [0.5, 0.6) is 5.88 Å². The monoisotopic (exact) mass is 671 g/mol. The normalized spacial score (nSPS) is 15.1. The van der Waals surface area contributed by atoms with E-state index in [4.69, 9.17) is 27.9 Å². The fraction of sp³-hybridized carbons (Fsp3) is 0.312. The van der Waals surface area contributed by atoms with Crippen LogP contribution in [0.25, 0.3) is 22.5 Å². The molecule has 10 nitrogen and oxygen atoms in total. The molecule has 0 radical (unpaired) electrons. The first-order valence-corrected chi connectivity index (χ1v) is 15.4. The standard InChI is InChI=1S/C32H33Cl2F2N7O3/c1-17(44)13-37-14-18-8-10-40-31(29(18)36)42-24-5-3-4-21(27(24)33)30-28(34)20(9-11-39-30)25-12-23(35)22(32(43-25)46-2)16-38-15-19-6-7-26(45)41-19/h3-5,8-12,17,19,37-38,44H,6-7,13-16H2,1-2H3,(H,40,42)(H,41,45)/t17-,19-/m1/s1. The molecule has 1 aliphatic rings. The summed E-state index contributed by atoms with van der Waals surface area (Å²) in [7, 11) is 1.41. The second-order valence-corrected chi connectivity index (χ2v) is 11.6. The molecule has 242 valence electrons. The Balaban J connectivity index is 1.38. The van der Waals surface area contributed by atoms with Crippen molar-refractivity contribution in [3.63, 3.8) is 0 Å². The number of hydrogen-bond donors (Lipinski definition) is 5. The van der Waals surface area contributed by atoms with Gasteiger partial charge in [-0.25, -0.2) is 18.7 Å². The number of hydrogen-bond acceptors (Lipinski definition) is 9. The van der Waals surface area contributed by atoms with E-state index in [0.29, 0.717) is 47.6 Å². The average molecular weight is 673 g/mol. The third kappa shape index (κ3) is 7.71. The summed E-state index contributed by atoms with van der Waals surface area (Å²) in [6, 6.07) is 9.51. The molecular formula is C32H33Cl2F2N7O3. The molecule has 46 heavy (non-hydrogen) atoms. The summed E-state index contributed by atoms with van der Waals surface area (Å²) in [6.45, 7) is 2.78. The summed E-state index contributed by atoms with van der Waals surface area (Å²) < 4.78 is 36.1. The lowest BCUT2D eigenvalue weighted by Gasteiger charge is -2.16. The molecule has 0 aliphatic carbocycles. The highest BCUT2D eigenvalue weighted by atomic mass is 35.5. The fourth-order valence-electron chi connectivity index (χ4n) is 5.08. The van der Waals surface area contributed by atoms with Gasteiger partial charge in [0.25, 0.3) is 0 Å². The van der Waals surface area contributed by atoms with E-state index >= 15 is 8.78 Å². The van der Waals surface area contributed by atoms with Gasteiger partial charge in [-0.15, -0.1) is 0 Å². The molecule has 0 bridgehead atoms. The number of anilines is 2. The van der Waals surface area contributed by atoms with E-state index in [1.165, 1.54) is 25.6 Å². The minimum absolute atomic E-state index is 0.00694. The maximum atomic E-state index is 15.4. The Morgan fingerprint density at radius 1 is 1.09 bits per heavy atom. The van der Waals surface area contributed by atoms with Crippen LogP contribution < -0.4 is 26.0 Å². The van der Waals surface area contributed by atoms with E-state index in [9.17, 15) is 9.90 Å². The molecule has 1 aliphatic heterocycles. The molecular weight excluding hydrogens is 639 g/mol. The number of nitrogens with one attached hydrogen (secondary N) is 4. The summed E-state index contributed by atoms with van der Waals surface area (Å²) in [6.07, 6.45) is 3.62. The van der Waals surface area contributed by atoms with Gasteiger partial charge in [0.15, 0.2) is 11.6 Å². The maximum absolute atomic E-state index is 15.4. The Bertz CT molecular complexity index is 1730. The van der Waals surface area contributed by atoms with E-state index in [1.54, 1.807) is 37.3 Å². The van der Waals surface area contributed by atoms with E-state index < -0.39 is 17.7 Å². The van der Waals surface area contributed by atoms with E-state index in [-0.39, 0.29) is 58.0 Å². The first-order valence-electron chi connectivity index (χ1n) is 14.6. The van der Waals surface area contributed by atoms with Gasteiger partial charge in [-0.2, -0.15) is 0 Å². The fourth-order valence-corrected chi connectivity index (χ4v) is 5.65. The number of halogens is 4. The van der Waals surface area contributed by atoms with Gasteiger partial charge in [-0.05, 0) is 31.5 Å². The summed E-state index contributed by atoms with van der Waals surface area (Å²) in [4.78, 5) is 24.5. The van der Waals surface area contributed by atoms with Crippen molar-refractivity contribution < 1.29 is 23.4 Å². The van der Waals surface area contributed by atoms with Gasteiger partial charge in [0, 0.05) is 73.8 Å². The first kappa shape index (κ1) is 33.4. The molecule has 1 fully saturated rings. The molecule has 1 amide bonds. The summed E-state index contributed by atoms with van der Waals surface area (Å²) in [5, 5.41) is 21.8. The Morgan fingerprint density at radius 2 is 1.89 bits per heavy atom. The Hall–Kier alpha value is -3.94. The molecule has 4 heterocycles. The topological polar surface area (TPSA) is 133 Å². The second-order valence-electron chi connectivity index (χ2n) is 10.8. The molecule has 0 spiro atoms. The lowest BCUT2D eigenvalue weighted by atomic mass is 10.0. The quantitative estimate of drug-likeness (QED) is 0.127. The van der Waals surface area contributed by atoms with Crippen LogP contribution in [0.4, 0.5) is 20.3 Å². The minimum atomic E-state index is -0.569. The van der Waals surface area contributed by atoms with Crippen LogP contribution >= 0.6 is 23.2 Å². The van der Waals surface area contributed by atoms with Crippen molar-refractivity contribution >= 4 is 40.6 Å². The summed E-state index contributed by atoms with van der Waals surface area (Å²) >= 11 is 13.6. The van der Waals surface area contributed by atoms with Crippen LogP contribution in [-0.2, 0) is 17.9 Å². The van der Waals surface area contributed by atoms with E-state index in [0.717, 1.165) is 6.42 Å². The molecule has 0 unspecified atom stereocenters. The third-order valence-electron chi connectivity index (χ3n) is 7.40. The Kier molecular flexibility index (Phi) is 11.0. The van der Waals surface area contributed by atoms with Crippen molar-refractivity contribution in [1.29, 1.82) is 0 Å². The summed E-state index contributed by atoms with van der Waals surface area (Å²) in [5.41, 5.74) is 2.35. The molecule has 2 atom stereocenters. The van der Waals surface area contributed by atoms with Gasteiger partial charge in [-0.3, -0.25) is 9.78 Å². The van der Waals surface area contributed by atoms with Crippen LogP contribution in [0.3, 0.4) is 0 Å². The number of amides is 1. The number of aliphatic hydroxyl groups is 1. The maximum Gasteiger partial charge on any atom is 0.221 e. The third-order valence-corrected chi connectivity index (χ3v) is 8.19. The number of rotatable bonds is 13. The van der Waals surface area contributed by atoms with E-state index in [2.05, 4.69) is 36.2 Å². The van der Waals surface area contributed by atoms with Gasteiger partial charge in [0.05, 0.1) is 45.9 Å². The number of aliphatic hydroxyl groups excluding tert-OH is 1. The van der Waals surface area contributed by atoms with Crippen molar-refractivity contribution in [3.8, 4) is 28.4 Å². The number of carbonyl (C=O) groups is 1. The van der Waals surface area contributed by atoms with Crippen LogP contribution in [0.1, 0.15) is 30.9 Å². The molecule has 1 saturated heterocycles. The molecule has 5 rings (SSSR count). The molecule has 3 aromatic heterocycles. The zero-order valence-electron chi connectivity index (χ0n) is 25.1. The van der Waals surface area contributed by atoms with Crippen molar-refractivity contribution in [3.05, 3.63) is 81.6 Å². The highest BCUT2D eigenvalue weighted by Crippen LogP contribution is 2.41. The van der Waals surface area contributed by atoms with Crippen LogP contribution in [0, 0.1) is 11.6 Å². The van der Waals surface area contributed by atoms with Crippen molar-refractivity contribution in [2.24, 2.45) is 0 Å². The predicted octanol–water partition coefficient (Wildman–Crippen LogP) is 5.38. The SMILES string of the molecule is COc1nc(-c2ccnc(-c3cccc(Nc4nccc(CNC[C@@H](C)O)c4F)c3Cl)c2Cl)cc(F)c1CNC[C@H]1CCC(=O)N1. The van der Waals surface area contributed by atoms with Crippen molar-refractivity contribution in [2.45, 2.75) is 45.0 Å². The van der Waals surface area contributed by atoms with Crippen molar-refractivity contribution in [1.82, 2.24) is 30.9 Å². The number of carbonyl (C=O) groups excluding carboxylic acids is 1. The number of ether oxygens (including phenoxy) is 1. The van der Waals surface area contributed by atoms with E-state index in [1.807, 2.05) is 0 Å². The zero-order chi connectivity index (χ0) is 32.8. The van der Waals surface area contributed by atoms with Gasteiger partial charge in [-0.1, -0.05) is 35.3 Å². The highest BCUT2D eigenvalue weighted by molar-refractivity contribution is 6.39. The largest absolute Gasteiger partial charge is 0.481 e. The van der Waals surface area contributed by atoms with Gasteiger partial charge in [0.1, 0.15) is 5.82 Å². The van der Waals surface area contributed by atoms with Gasteiger partial charge in [0.2, 0.25) is 11.8 Å². The lowest BCUT2D eigenvalue weighted by Crippen LogP contribution is -2.35. The molecule has 14 heteroatoms. The lowest BCUT2D eigenvalue weighted by molar-refractivity contribution is -0.119. The average Bonchev–Trinajstić information content (AvgIpc) is 3.45. The predicted molar refractivity (Wildman–Crippen MR) is 173 cm³/mol. The Morgan fingerprint density at radius 3 is 2.63 bits per heavy atom.